The molecule has 1 saturated heterocycles. The predicted molar refractivity (Wildman–Crippen MR) is 86.1 cm³/mol. The van der Waals surface area contributed by atoms with Gasteiger partial charge in [-0.1, -0.05) is 30.3 Å². The maximum Gasteiger partial charge on any atom is 0.324 e. The number of carbonyl (C=O) groups is 1. The van der Waals surface area contributed by atoms with Crippen LogP contribution in [-0.2, 0) is 18.2 Å². The maximum absolute atomic E-state index is 12.3. The van der Waals surface area contributed by atoms with Gasteiger partial charge in [-0.3, -0.25) is 5.32 Å². The van der Waals surface area contributed by atoms with Crippen LogP contribution in [-0.4, -0.2) is 51.5 Å². The van der Waals surface area contributed by atoms with Crippen LogP contribution in [0.5, 0.6) is 0 Å². The van der Waals surface area contributed by atoms with Crippen LogP contribution in [0.3, 0.4) is 0 Å². The number of morpholine rings is 1. The quantitative estimate of drug-likeness (QED) is 0.932. The minimum absolute atomic E-state index is 0.0641. The monoisotopic (exact) mass is 315 g/mol. The Morgan fingerprint density at radius 1 is 1.39 bits per heavy atom. The zero-order chi connectivity index (χ0) is 16.1. The molecule has 0 spiro atoms. The van der Waals surface area contributed by atoms with Crippen LogP contribution < -0.4 is 5.32 Å². The number of hydrogen-bond acceptors (Lipinski definition) is 4. The number of hydrogen-bond donors (Lipinski definition) is 1. The van der Waals surface area contributed by atoms with Crippen molar-refractivity contribution in [3.05, 3.63) is 42.2 Å². The molecule has 122 valence electrons. The molecule has 0 aliphatic carbocycles. The summed E-state index contributed by atoms with van der Waals surface area (Å²) in [6.45, 7) is 1.74. The minimum atomic E-state index is -0.158. The van der Waals surface area contributed by atoms with Gasteiger partial charge in [-0.25, -0.2) is 9.48 Å². The van der Waals surface area contributed by atoms with Crippen molar-refractivity contribution < 1.29 is 9.53 Å². The summed E-state index contributed by atoms with van der Waals surface area (Å²) in [7, 11) is 1.74. The first-order valence-corrected chi connectivity index (χ1v) is 7.78. The van der Waals surface area contributed by atoms with Gasteiger partial charge < -0.3 is 9.64 Å². The number of ether oxygens (including phenoxy) is 1. The highest BCUT2D eigenvalue weighted by molar-refractivity contribution is 5.87. The summed E-state index contributed by atoms with van der Waals surface area (Å²) in [6.07, 6.45) is 3.33. The van der Waals surface area contributed by atoms with Crippen LogP contribution in [0.1, 0.15) is 12.0 Å². The largest absolute Gasteiger partial charge is 0.375 e. The lowest BCUT2D eigenvalue weighted by molar-refractivity contribution is -0.0158. The number of aromatic nitrogens is 3. The van der Waals surface area contributed by atoms with Crippen molar-refractivity contribution >= 4 is 12.0 Å². The standard InChI is InChI=1S/C16H21N5O2/c1-20-15(17-12-18-20)19-16(22)21-9-10-23-14(11-21)8-7-13-5-3-2-4-6-13/h2-6,12,14H,7-11H2,1H3,(H,17,18,19,22)/t14-/m1/s1. The van der Waals surface area contributed by atoms with Gasteiger partial charge in [0.25, 0.3) is 0 Å². The highest BCUT2D eigenvalue weighted by atomic mass is 16.5. The Labute approximate surface area is 135 Å². The molecule has 1 fully saturated rings. The molecule has 2 amide bonds. The molecule has 1 aliphatic heterocycles. The van der Waals surface area contributed by atoms with Gasteiger partial charge in [-0.15, -0.1) is 0 Å². The Bertz CT molecular complexity index is 643. The zero-order valence-electron chi connectivity index (χ0n) is 13.2. The summed E-state index contributed by atoms with van der Waals surface area (Å²) in [5, 5.41) is 6.72. The average molecular weight is 315 g/mol. The van der Waals surface area contributed by atoms with Gasteiger partial charge >= 0.3 is 6.03 Å². The Morgan fingerprint density at radius 3 is 2.96 bits per heavy atom. The van der Waals surface area contributed by atoms with E-state index in [2.05, 4.69) is 27.5 Å². The van der Waals surface area contributed by atoms with Crippen LogP contribution >= 0.6 is 0 Å². The Kier molecular flexibility index (Phi) is 4.87. The SMILES string of the molecule is Cn1ncnc1NC(=O)N1CCO[C@H](CCc2ccccc2)C1. The number of aryl methyl sites for hydroxylation is 2. The molecule has 1 aromatic heterocycles. The Balaban J connectivity index is 1.51. The first kappa shape index (κ1) is 15.5. The predicted octanol–water partition coefficient (Wildman–Crippen LogP) is 1.68. The van der Waals surface area contributed by atoms with E-state index in [1.807, 2.05) is 18.2 Å². The van der Waals surface area contributed by atoms with Crippen LogP contribution in [0.25, 0.3) is 0 Å². The third kappa shape index (κ3) is 4.07. The summed E-state index contributed by atoms with van der Waals surface area (Å²) in [4.78, 5) is 18.1. The van der Waals surface area contributed by atoms with E-state index in [0.717, 1.165) is 12.8 Å². The van der Waals surface area contributed by atoms with E-state index in [4.69, 9.17) is 4.74 Å². The van der Waals surface area contributed by atoms with Crippen molar-refractivity contribution in [2.75, 3.05) is 25.0 Å². The summed E-state index contributed by atoms with van der Waals surface area (Å²) in [6, 6.07) is 10.2. The van der Waals surface area contributed by atoms with Crippen LogP contribution in [0.2, 0.25) is 0 Å². The Morgan fingerprint density at radius 2 is 2.22 bits per heavy atom. The topological polar surface area (TPSA) is 72.3 Å². The van der Waals surface area contributed by atoms with E-state index in [1.54, 1.807) is 11.9 Å². The fraction of sp³-hybridized carbons (Fsp3) is 0.438. The Hall–Kier alpha value is -2.41. The van der Waals surface area contributed by atoms with E-state index in [1.165, 1.54) is 16.6 Å². The normalized spacial score (nSPS) is 18.0. The molecule has 1 aliphatic rings. The van der Waals surface area contributed by atoms with E-state index in [0.29, 0.717) is 25.6 Å². The van der Waals surface area contributed by atoms with Crippen molar-refractivity contribution in [3.8, 4) is 0 Å². The molecular weight excluding hydrogens is 294 g/mol. The highest BCUT2D eigenvalue weighted by Crippen LogP contribution is 2.13. The van der Waals surface area contributed by atoms with E-state index < -0.39 is 0 Å². The van der Waals surface area contributed by atoms with Crippen LogP contribution in [0.15, 0.2) is 36.7 Å². The van der Waals surface area contributed by atoms with Crippen LogP contribution in [0, 0.1) is 0 Å². The molecule has 1 aromatic carbocycles. The van der Waals surface area contributed by atoms with Gasteiger partial charge in [0.2, 0.25) is 5.95 Å². The molecule has 2 aromatic rings. The lowest BCUT2D eigenvalue weighted by atomic mass is 10.1. The van der Waals surface area contributed by atoms with Gasteiger partial charge in [0, 0.05) is 20.1 Å². The number of benzene rings is 1. The first-order valence-electron chi connectivity index (χ1n) is 7.78. The molecule has 0 radical (unpaired) electrons. The van der Waals surface area contributed by atoms with Gasteiger partial charge in [0.1, 0.15) is 6.33 Å². The molecule has 0 saturated carbocycles. The van der Waals surface area contributed by atoms with E-state index >= 15 is 0 Å². The summed E-state index contributed by atoms with van der Waals surface area (Å²) in [5.41, 5.74) is 1.29. The number of carbonyl (C=O) groups excluding carboxylic acids is 1. The van der Waals surface area contributed by atoms with Gasteiger partial charge in [0.05, 0.1) is 12.7 Å². The highest BCUT2D eigenvalue weighted by Gasteiger charge is 2.24. The third-order valence-electron chi connectivity index (χ3n) is 3.95. The number of amides is 2. The van der Waals surface area contributed by atoms with Crippen molar-refractivity contribution in [2.24, 2.45) is 7.05 Å². The molecule has 2 heterocycles. The molecule has 1 atom stereocenters. The first-order chi connectivity index (χ1) is 11.2. The fourth-order valence-corrected chi connectivity index (χ4v) is 2.63. The lowest BCUT2D eigenvalue weighted by Gasteiger charge is -2.32. The van der Waals surface area contributed by atoms with Gasteiger partial charge in [-0.05, 0) is 18.4 Å². The zero-order valence-corrected chi connectivity index (χ0v) is 13.2. The molecule has 0 unspecified atom stereocenters. The van der Waals surface area contributed by atoms with Crippen LogP contribution in [0.4, 0.5) is 10.7 Å². The second kappa shape index (κ2) is 7.23. The molecular formula is C16H21N5O2. The molecule has 7 nitrogen and oxygen atoms in total. The van der Waals surface area contributed by atoms with Gasteiger partial charge in [0.15, 0.2) is 0 Å². The molecule has 1 N–H and O–H groups in total. The van der Waals surface area contributed by atoms with E-state index in [-0.39, 0.29) is 12.1 Å². The number of nitrogens with zero attached hydrogens (tertiary/aromatic N) is 4. The third-order valence-corrected chi connectivity index (χ3v) is 3.95. The second-order valence-electron chi connectivity index (χ2n) is 5.60. The van der Waals surface area contributed by atoms with Crippen molar-refractivity contribution in [1.29, 1.82) is 0 Å². The lowest BCUT2D eigenvalue weighted by Crippen LogP contribution is -2.47. The summed E-state index contributed by atoms with van der Waals surface area (Å²) < 4.78 is 7.32. The average Bonchev–Trinajstić information content (AvgIpc) is 2.99. The molecule has 0 bridgehead atoms. The molecule has 23 heavy (non-hydrogen) atoms. The minimum Gasteiger partial charge on any atom is -0.375 e. The smallest absolute Gasteiger partial charge is 0.324 e. The van der Waals surface area contributed by atoms with E-state index in [9.17, 15) is 4.79 Å². The number of nitrogens with one attached hydrogen (secondary N) is 1. The van der Waals surface area contributed by atoms with Crippen molar-refractivity contribution in [2.45, 2.75) is 18.9 Å². The van der Waals surface area contributed by atoms with Crippen molar-refractivity contribution in [1.82, 2.24) is 19.7 Å². The summed E-state index contributed by atoms with van der Waals surface area (Å²) >= 11 is 0. The van der Waals surface area contributed by atoms with Gasteiger partial charge in [-0.2, -0.15) is 10.1 Å². The molecule has 7 heteroatoms. The van der Waals surface area contributed by atoms with Crippen molar-refractivity contribution in [3.63, 3.8) is 0 Å². The maximum atomic E-state index is 12.3. The number of urea groups is 1. The number of anilines is 1. The second-order valence-corrected chi connectivity index (χ2v) is 5.60. The summed E-state index contributed by atoms with van der Waals surface area (Å²) in [5.74, 6) is 0.447. The molecule has 3 rings (SSSR count). The number of rotatable bonds is 4. The fourth-order valence-electron chi connectivity index (χ4n) is 2.63.